The van der Waals surface area contributed by atoms with E-state index < -0.39 is 24.7 Å². The summed E-state index contributed by atoms with van der Waals surface area (Å²) in [5, 5.41) is 2.74. The number of aromatic nitrogens is 2. The van der Waals surface area contributed by atoms with Crippen molar-refractivity contribution in [3.63, 3.8) is 0 Å². The van der Waals surface area contributed by atoms with E-state index in [1.54, 1.807) is 26.0 Å². The number of ether oxygens (including phenoxy) is 1. The minimum absolute atomic E-state index is 0.0253. The van der Waals surface area contributed by atoms with Crippen molar-refractivity contribution in [3.05, 3.63) is 53.5 Å². The maximum atomic E-state index is 12.4. The molecule has 2 aromatic heterocycles. The molecule has 0 saturated heterocycles. The highest BCUT2D eigenvalue weighted by molar-refractivity contribution is 5.92. The van der Waals surface area contributed by atoms with Crippen molar-refractivity contribution in [2.75, 3.05) is 6.61 Å². The van der Waals surface area contributed by atoms with Gasteiger partial charge in [-0.15, -0.1) is 0 Å². The molecule has 0 aliphatic heterocycles. The first-order valence-electron chi connectivity index (χ1n) is 8.62. The Hall–Kier alpha value is -2.97. The molecular formula is C19H20F3N3O3. The van der Waals surface area contributed by atoms with E-state index in [0.29, 0.717) is 17.7 Å². The average molecular weight is 395 g/mol. The van der Waals surface area contributed by atoms with E-state index in [1.807, 2.05) is 0 Å². The summed E-state index contributed by atoms with van der Waals surface area (Å²) in [6.07, 6.45) is -2.55. The Bertz CT molecular complexity index is 823. The van der Waals surface area contributed by atoms with Gasteiger partial charge in [-0.05, 0) is 24.6 Å². The Balaban J connectivity index is 1.98. The molecule has 28 heavy (non-hydrogen) atoms. The molecule has 1 unspecified atom stereocenters. The zero-order chi connectivity index (χ0) is 20.7. The van der Waals surface area contributed by atoms with Gasteiger partial charge in [-0.3, -0.25) is 9.59 Å². The van der Waals surface area contributed by atoms with Crippen LogP contribution in [0.25, 0.3) is 0 Å². The number of pyridine rings is 2. The van der Waals surface area contributed by atoms with E-state index in [0.717, 1.165) is 0 Å². The molecular weight excluding hydrogens is 375 g/mol. The molecule has 0 aliphatic carbocycles. The molecule has 0 aromatic carbocycles. The molecule has 150 valence electrons. The minimum atomic E-state index is -4.44. The predicted octanol–water partition coefficient (Wildman–Crippen LogP) is 3.43. The fourth-order valence-electron chi connectivity index (χ4n) is 2.27. The number of alkyl halides is 3. The summed E-state index contributed by atoms with van der Waals surface area (Å²) in [4.78, 5) is 31.9. The molecule has 1 N–H and O–H groups in total. The molecule has 0 fully saturated rings. The lowest BCUT2D eigenvalue weighted by Gasteiger charge is -2.15. The summed E-state index contributed by atoms with van der Waals surface area (Å²) in [5.41, 5.74) is 1.27. The SMILES string of the molecule is CCC(=O)Cc1cccc(C(=O)NC(C)c2ccc(OCC(F)(F)F)nc2)n1. The van der Waals surface area contributed by atoms with Gasteiger partial charge in [-0.2, -0.15) is 13.2 Å². The van der Waals surface area contributed by atoms with Crippen LogP contribution in [-0.4, -0.2) is 34.4 Å². The van der Waals surface area contributed by atoms with Gasteiger partial charge in [0.05, 0.1) is 6.04 Å². The number of hydrogen-bond donors (Lipinski definition) is 1. The van der Waals surface area contributed by atoms with Gasteiger partial charge in [0.15, 0.2) is 6.61 Å². The molecule has 0 bridgehead atoms. The molecule has 0 radical (unpaired) electrons. The summed E-state index contributed by atoms with van der Waals surface area (Å²) in [5.74, 6) is -0.567. The summed E-state index contributed by atoms with van der Waals surface area (Å²) in [7, 11) is 0. The number of Topliss-reactive ketones (excluding diaryl/α,β-unsaturated/α-hetero) is 1. The number of halogens is 3. The third kappa shape index (κ3) is 6.64. The quantitative estimate of drug-likeness (QED) is 0.741. The first-order chi connectivity index (χ1) is 13.2. The standard InChI is InChI=1S/C19H20F3N3O3/c1-3-15(26)9-14-5-4-6-16(25-14)18(27)24-12(2)13-7-8-17(23-10-13)28-11-19(20,21)22/h4-8,10,12H,3,9,11H2,1-2H3,(H,24,27). The first kappa shape index (κ1) is 21.3. The number of ketones is 1. The van der Waals surface area contributed by atoms with Gasteiger partial charge in [0.1, 0.15) is 11.5 Å². The van der Waals surface area contributed by atoms with Gasteiger partial charge >= 0.3 is 6.18 Å². The second-order valence-corrected chi connectivity index (χ2v) is 6.11. The van der Waals surface area contributed by atoms with Crippen molar-refractivity contribution < 1.29 is 27.5 Å². The van der Waals surface area contributed by atoms with Crippen molar-refractivity contribution in [2.45, 2.75) is 38.9 Å². The monoisotopic (exact) mass is 395 g/mol. The largest absolute Gasteiger partial charge is 0.468 e. The Morgan fingerprint density at radius 1 is 1.21 bits per heavy atom. The van der Waals surface area contributed by atoms with Crippen LogP contribution in [0.3, 0.4) is 0 Å². The maximum absolute atomic E-state index is 12.4. The van der Waals surface area contributed by atoms with Crippen molar-refractivity contribution >= 4 is 11.7 Å². The van der Waals surface area contributed by atoms with Crippen molar-refractivity contribution in [3.8, 4) is 5.88 Å². The first-order valence-corrected chi connectivity index (χ1v) is 8.62. The maximum Gasteiger partial charge on any atom is 0.422 e. The fourth-order valence-corrected chi connectivity index (χ4v) is 2.27. The van der Waals surface area contributed by atoms with E-state index in [-0.39, 0.29) is 23.8 Å². The second kappa shape index (κ2) is 9.29. The molecule has 0 saturated carbocycles. The number of nitrogens with one attached hydrogen (secondary N) is 1. The Labute approximate surface area is 160 Å². The van der Waals surface area contributed by atoms with E-state index in [1.165, 1.54) is 24.4 Å². The number of carbonyl (C=O) groups is 2. The number of hydrogen-bond acceptors (Lipinski definition) is 5. The third-order valence-corrected chi connectivity index (χ3v) is 3.80. The van der Waals surface area contributed by atoms with Gasteiger partial charge < -0.3 is 10.1 Å². The van der Waals surface area contributed by atoms with E-state index in [2.05, 4.69) is 20.0 Å². The predicted molar refractivity (Wildman–Crippen MR) is 94.9 cm³/mol. The Morgan fingerprint density at radius 3 is 2.57 bits per heavy atom. The lowest BCUT2D eigenvalue weighted by Crippen LogP contribution is -2.27. The van der Waals surface area contributed by atoms with Crippen LogP contribution in [0.2, 0.25) is 0 Å². The van der Waals surface area contributed by atoms with Crippen LogP contribution in [0.5, 0.6) is 5.88 Å². The molecule has 0 aliphatic rings. The molecule has 1 amide bonds. The van der Waals surface area contributed by atoms with Gasteiger partial charge in [-0.1, -0.05) is 19.1 Å². The van der Waals surface area contributed by atoms with Crippen molar-refractivity contribution in [2.24, 2.45) is 0 Å². The van der Waals surface area contributed by atoms with Crippen LogP contribution >= 0.6 is 0 Å². The number of rotatable bonds is 8. The summed E-state index contributed by atoms with van der Waals surface area (Å²) < 4.78 is 41.0. The summed E-state index contributed by atoms with van der Waals surface area (Å²) >= 11 is 0. The third-order valence-electron chi connectivity index (χ3n) is 3.80. The molecule has 1 atom stereocenters. The zero-order valence-corrected chi connectivity index (χ0v) is 15.4. The smallest absolute Gasteiger partial charge is 0.422 e. The normalized spacial score (nSPS) is 12.3. The lowest BCUT2D eigenvalue weighted by molar-refractivity contribution is -0.154. The Kier molecular flexibility index (Phi) is 7.08. The van der Waals surface area contributed by atoms with Crippen LogP contribution in [-0.2, 0) is 11.2 Å². The second-order valence-electron chi connectivity index (χ2n) is 6.11. The number of amides is 1. The average Bonchev–Trinajstić information content (AvgIpc) is 2.66. The van der Waals surface area contributed by atoms with Crippen LogP contribution in [0.4, 0.5) is 13.2 Å². The highest BCUT2D eigenvalue weighted by Crippen LogP contribution is 2.19. The zero-order valence-electron chi connectivity index (χ0n) is 15.4. The van der Waals surface area contributed by atoms with E-state index >= 15 is 0 Å². The number of nitrogens with zero attached hydrogens (tertiary/aromatic N) is 2. The van der Waals surface area contributed by atoms with Crippen LogP contribution in [0.15, 0.2) is 36.5 Å². The lowest BCUT2D eigenvalue weighted by atomic mass is 10.1. The summed E-state index contributed by atoms with van der Waals surface area (Å²) in [6.45, 7) is 2.04. The van der Waals surface area contributed by atoms with E-state index in [9.17, 15) is 22.8 Å². The molecule has 2 heterocycles. The van der Waals surface area contributed by atoms with E-state index in [4.69, 9.17) is 0 Å². The van der Waals surface area contributed by atoms with Crippen LogP contribution in [0, 0.1) is 0 Å². The highest BCUT2D eigenvalue weighted by Gasteiger charge is 2.28. The molecule has 6 nitrogen and oxygen atoms in total. The Morgan fingerprint density at radius 2 is 1.96 bits per heavy atom. The van der Waals surface area contributed by atoms with Crippen molar-refractivity contribution in [1.82, 2.24) is 15.3 Å². The van der Waals surface area contributed by atoms with Crippen LogP contribution < -0.4 is 10.1 Å². The van der Waals surface area contributed by atoms with Gasteiger partial charge in [0.2, 0.25) is 5.88 Å². The topological polar surface area (TPSA) is 81.2 Å². The molecule has 2 aromatic rings. The fraction of sp³-hybridized carbons (Fsp3) is 0.368. The molecule has 0 spiro atoms. The van der Waals surface area contributed by atoms with Gasteiger partial charge in [-0.25, -0.2) is 9.97 Å². The van der Waals surface area contributed by atoms with Crippen LogP contribution in [0.1, 0.15) is 48.1 Å². The molecule has 2 rings (SSSR count). The highest BCUT2D eigenvalue weighted by atomic mass is 19.4. The minimum Gasteiger partial charge on any atom is -0.468 e. The number of carbonyl (C=O) groups excluding carboxylic acids is 2. The molecule has 9 heteroatoms. The summed E-state index contributed by atoms with van der Waals surface area (Å²) in [6, 6.07) is 7.23. The van der Waals surface area contributed by atoms with Gasteiger partial charge in [0, 0.05) is 30.8 Å². The van der Waals surface area contributed by atoms with Gasteiger partial charge in [0.25, 0.3) is 5.91 Å². The van der Waals surface area contributed by atoms with Crippen molar-refractivity contribution in [1.29, 1.82) is 0 Å².